The van der Waals surface area contributed by atoms with Gasteiger partial charge in [0.25, 0.3) is 11.1 Å². The van der Waals surface area contributed by atoms with Crippen molar-refractivity contribution in [3.05, 3.63) is 33.7 Å². The second kappa shape index (κ2) is 7.86. The van der Waals surface area contributed by atoms with E-state index in [2.05, 4.69) is 0 Å². The number of rotatable bonds is 6. The van der Waals surface area contributed by atoms with Gasteiger partial charge in [-0.3, -0.25) is 14.5 Å². The van der Waals surface area contributed by atoms with E-state index in [0.29, 0.717) is 22.3 Å². The minimum absolute atomic E-state index is 0.0237. The third-order valence-corrected chi connectivity index (χ3v) is 4.21. The fourth-order valence-corrected chi connectivity index (χ4v) is 3.08. The summed E-state index contributed by atoms with van der Waals surface area (Å²) in [7, 11) is 1.53. The normalized spacial score (nSPS) is 16.7. The maximum atomic E-state index is 12.2. The van der Waals surface area contributed by atoms with Gasteiger partial charge in [0.2, 0.25) is 0 Å². The second-order valence-corrected chi connectivity index (χ2v) is 6.58. The lowest BCUT2D eigenvalue weighted by Gasteiger charge is -2.12. The molecule has 0 unspecified atom stereocenters. The van der Waals surface area contributed by atoms with Gasteiger partial charge in [-0.25, -0.2) is 0 Å². The molecule has 5 nitrogen and oxygen atoms in total. The molecule has 0 bridgehead atoms. The highest BCUT2D eigenvalue weighted by Gasteiger charge is 2.34. The van der Waals surface area contributed by atoms with Crippen LogP contribution >= 0.6 is 23.4 Å². The van der Waals surface area contributed by atoms with Gasteiger partial charge in [-0.15, -0.1) is 0 Å². The van der Waals surface area contributed by atoms with E-state index in [1.165, 1.54) is 12.0 Å². The standard InChI is InChI=1S/C16H18ClNO4S/c1-10(2)22-13-5-4-11(8-12(13)17)9-14-15(19)18(6-7-21-3)16(20)23-14/h4-5,8-10H,6-7H2,1-3H3/b14-9+. The Hall–Kier alpha value is -1.50. The number of carbonyl (C=O) groups is 2. The van der Waals surface area contributed by atoms with E-state index in [9.17, 15) is 9.59 Å². The molecule has 0 spiro atoms. The van der Waals surface area contributed by atoms with Gasteiger partial charge in [0.15, 0.2) is 0 Å². The first-order valence-electron chi connectivity index (χ1n) is 7.13. The fraction of sp³-hybridized carbons (Fsp3) is 0.375. The molecule has 0 saturated carbocycles. The Morgan fingerprint density at radius 3 is 2.70 bits per heavy atom. The lowest BCUT2D eigenvalue weighted by molar-refractivity contribution is -0.123. The lowest BCUT2D eigenvalue weighted by Crippen LogP contribution is -2.31. The molecule has 0 aromatic heterocycles. The van der Waals surface area contributed by atoms with Crippen LogP contribution in [0.25, 0.3) is 6.08 Å². The van der Waals surface area contributed by atoms with Crippen LogP contribution in [0.15, 0.2) is 23.1 Å². The van der Waals surface area contributed by atoms with Gasteiger partial charge in [-0.2, -0.15) is 0 Å². The number of methoxy groups -OCH3 is 1. The second-order valence-electron chi connectivity index (χ2n) is 5.18. The van der Waals surface area contributed by atoms with Crippen molar-refractivity contribution in [3.8, 4) is 5.75 Å². The average Bonchev–Trinajstić information content (AvgIpc) is 2.74. The van der Waals surface area contributed by atoms with Gasteiger partial charge in [-0.05, 0) is 49.4 Å². The van der Waals surface area contributed by atoms with Crippen molar-refractivity contribution < 1.29 is 19.1 Å². The van der Waals surface area contributed by atoms with Gasteiger partial charge >= 0.3 is 0 Å². The van der Waals surface area contributed by atoms with E-state index in [1.807, 2.05) is 13.8 Å². The number of ether oxygens (including phenoxy) is 2. The van der Waals surface area contributed by atoms with Crippen molar-refractivity contribution in [1.29, 1.82) is 0 Å². The summed E-state index contributed by atoms with van der Waals surface area (Å²) in [4.78, 5) is 25.6. The van der Waals surface area contributed by atoms with Crippen LogP contribution in [0.1, 0.15) is 19.4 Å². The SMILES string of the molecule is COCCN1C(=O)S/C(=C/c2ccc(OC(C)C)c(Cl)c2)C1=O. The highest BCUT2D eigenvalue weighted by Crippen LogP contribution is 2.33. The summed E-state index contributed by atoms with van der Waals surface area (Å²) in [5, 5.41) is 0.176. The molecule has 1 heterocycles. The van der Waals surface area contributed by atoms with E-state index < -0.39 is 0 Å². The zero-order valence-electron chi connectivity index (χ0n) is 13.2. The summed E-state index contributed by atoms with van der Waals surface area (Å²) < 4.78 is 10.5. The summed E-state index contributed by atoms with van der Waals surface area (Å²) in [6.45, 7) is 4.40. The summed E-state index contributed by atoms with van der Waals surface area (Å²) in [5.74, 6) is 0.280. The van der Waals surface area contributed by atoms with E-state index >= 15 is 0 Å². The number of halogens is 1. The lowest BCUT2D eigenvalue weighted by atomic mass is 10.2. The molecule has 1 fully saturated rings. The van der Waals surface area contributed by atoms with Crippen molar-refractivity contribution in [2.75, 3.05) is 20.3 Å². The summed E-state index contributed by atoms with van der Waals surface area (Å²) >= 11 is 7.10. The van der Waals surface area contributed by atoms with Crippen LogP contribution in [0.2, 0.25) is 5.02 Å². The third-order valence-electron chi connectivity index (χ3n) is 3.01. The highest BCUT2D eigenvalue weighted by atomic mass is 35.5. The molecule has 0 aliphatic carbocycles. The zero-order chi connectivity index (χ0) is 17.0. The fourth-order valence-electron chi connectivity index (χ4n) is 1.98. The molecule has 1 aliphatic rings. The molecular weight excluding hydrogens is 338 g/mol. The third kappa shape index (κ3) is 4.50. The Morgan fingerprint density at radius 1 is 1.35 bits per heavy atom. The molecule has 0 N–H and O–H groups in total. The molecule has 1 aliphatic heterocycles. The molecule has 7 heteroatoms. The monoisotopic (exact) mass is 355 g/mol. The van der Waals surface area contributed by atoms with Crippen molar-refractivity contribution in [1.82, 2.24) is 4.90 Å². The van der Waals surface area contributed by atoms with Crippen LogP contribution in [0.3, 0.4) is 0 Å². The van der Waals surface area contributed by atoms with Gasteiger partial charge in [0.05, 0.1) is 29.2 Å². The zero-order valence-corrected chi connectivity index (χ0v) is 14.7. The Labute approximate surface area is 144 Å². The Morgan fingerprint density at radius 2 is 2.09 bits per heavy atom. The number of hydrogen-bond acceptors (Lipinski definition) is 5. The van der Waals surface area contributed by atoms with Crippen LogP contribution in [0.5, 0.6) is 5.75 Å². The molecule has 0 radical (unpaired) electrons. The topological polar surface area (TPSA) is 55.8 Å². The van der Waals surface area contributed by atoms with Crippen LogP contribution in [-0.4, -0.2) is 42.4 Å². The number of imide groups is 1. The molecule has 23 heavy (non-hydrogen) atoms. The molecule has 2 rings (SSSR count). The minimum atomic E-state index is -0.310. The Kier molecular flexibility index (Phi) is 6.10. The van der Waals surface area contributed by atoms with Crippen molar-refractivity contribution >= 4 is 40.6 Å². The molecule has 1 aromatic rings. The summed E-state index contributed by atoms with van der Waals surface area (Å²) in [6, 6.07) is 5.26. The molecule has 124 valence electrons. The van der Waals surface area contributed by atoms with Crippen LogP contribution in [0, 0.1) is 0 Å². The Bertz CT molecular complexity index is 645. The van der Waals surface area contributed by atoms with Crippen molar-refractivity contribution in [3.63, 3.8) is 0 Å². The van der Waals surface area contributed by atoms with Crippen molar-refractivity contribution in [2.45, 2.75) is 20.0 Å². The first-order valence-corrected chi connectivity index (χ1v) is 8.32. The van der Waals surface area contributed by atoms with Crippen LogP contribution < -0.4 is 4.74 Å². The first kappa shape index (κ1) is 17.8. The van der Waals surface area contributed by atoms with E-state index in [0.717, 1.165) is 17.3 Å². The summed E-state index contributed by atoms with van der Waals surface area (Å²) in [6.07, 6.45) is 1.68. The molecule has 2 amide bonds. The minimum Gasteiger partial charge on any atom is -0.489 e. The number of nitrogens with zero attached hydrogens (tertiary/aromatic N) is 1. The molecular formula is C16H18ClNO4S. The molecule has 1 saturated heterocycles. The largest absolute Gasteiger partial charge is 0.489 e. The number of amides is 2. The molecule has 0 atom stereocenters. The predicted molar refractivity (Wildman–Crippen MR) is 91.8 cm³/mol. The van der Waals surface area contributed by atoms with Gasteiger partial charge in [0, 0.05) is 7.11 Å². The van der Waals surface area contributed by atoms with Crippen LogP contribution in [-0.2, 0) is 9.53 Å². The van der Waals surface area contributed by atoms with Gasteiger partial charge in [-0.1, -0.05) is 17.7 Å². The number of hydrogen-bond donors (Lipinski definition) is 0. The Balaban J connectivity index is 2.17. The van der Waals surface area contributed by atoms with Gasteiger partial charge < -0.3 is 9.47 Å². The number of thioether (sulfide) groups is 1. The maximum absolute atomic E-state index is 12.2. The van der Waals surface area contributed by atoms with E-state index in [1.54, 1.807) is 24.3 Å². The van der Waals surface area contributed by atoms with Gasteiger partial charge in [0.1, 0.15) is 5.75 Å². The number of benzene rings is 1. The van der Waals surface area contributed by atoms with E-state index in [-0.39, 0.29) is 23.8 Å². The summed E-state index contributed by atoms with van der Waals surface area (Å²) in [5.41, 5.74) is 0.739. The van der Waals surface area contributed by atoms with Crippen molar-refractivity contribution in [2.24, 2.45) is 0 Å². The quantitative estimate of drug-likeness (QED) is 0.726. The highest BCUT2D eigenvalue weighted by molar-refractivity contribution is 8.18. The van der Waals surface area contributed by atoms with Crippen LogP contribution in [0.4, 0.5) is 4.79 Å². The number of carbonyl (C=O) groups excluding carboxylic acids is 2. The first-order chi connectivity index (χ1) is 10.9. The smallest absolute Gasteiger partial charge is 0.293 e. The average molecular weight is 356 g/mol. The maximum Gasteiger partial charge on any atom is 0.293 e. The molecule has 1 aromatic carbocycles. The van der Waals surface area contributed by atoms with E-state index in [4.69, 9.17) is 21.1 Å². The predicted octanol–water partition coefficient (Wildman–Crippen LogP) is 3.81.